The van der Waals surface area contributed by atoms with Crippen LogP contribution in [0.3, 0.4) is 0 Å². The van der Waals surface area contributed by atoms with Gasteiger partial charge in [-0.1, -0.05) is 6.92 Å². The molecule has 0 radical (unpaired) electrons. The lowest BCUT2D eigenvalue weighted by Crippen LogP contribution is -1.98. The molecular weight excluding hydrogens is 290 g/mol. The van der Waals surface area contributed by atoms with Crippen molar-refractivity contribution in [1.29, 1.82) is 0 Å². The summed E-state index contributed by atoms with van der Waals surface area (Å²) < 4.78 is 0. The van der Waals surface area contributed by atoms with Gasteiger partial charge in [-0.25, -0.2) is 9.97 Å². The molecule has 0 aliphatic heterocycles. The Bertz CT molecular complexity index is 677. The normalized spacial score (nSPS) is 10.7. The van der Waals surface area contributed by atoms with Crippen molar-refractivity contribution < 1.29 is 0 Å². The van der Waals surface area contributed by atoms with Gasteiger partial charge in [0.25, 0.3) is 0 Å². The second-order valence-corrected chi connectivity index (χ2v) is 5.81. The van der Waals surface area contributed by atoms with E-state index in [4.69, 9.17) is 0 Å². The molecule has 0 fully saturated rings. The van der Waals surface area contributed by atoms with E-state index in [-0.39, 0.29) is 0 Å². The van der Waals surface area contributed by atoms with Crippen molar-refractivity contribution in [2.75, 3.05) is 11.9 Å². The van der Waals surface area contributed by atoms with Gasteiger partial charge in [0.1, 0.15) is 22.1 Å². The second-order valence-electron chi connectivity index (χ2n) is 4.09. The minimum atomic E-state index is 0.795. The maximum atomic E-state index is 4.58. The lowest BCUT2D eigenvalue weighted by atomic mass is 10.4. The number of rotatable bonds is 5. The van der Waals surface area contributed by atoms with Gasteiger partial charge >= 0.3 is 0 Å². The van der Waals surface area contributed by atoms with Crippen LogP contribution in [0, 0.1) is 0 Å². The van der Waals surface area contributed by atoms with Gasteiger partial charge in [-0.05, 0) is 6.42 Å². The number of hydrogen-bond acceptors (Lipinski definition) is 7. The van der Waals surface area contributed by atoms with E-state index in [2.05, 4.69) is 32.2 Å². The summed E-state index contributed by atoms with van der Waals surface area (Å²) in [5.74, 6) is 0. The molecule has 102 valence electrons. The van der Waals surface area contributed by atoms with Crippen LogP contribution in [0.2, 0.25) is 0 Å². The fraction of sp³-hybridized carbons (Fsp3) is 0.231. The van der Waals surface area contributed by atoms with Crippen LogP contribution in [0.5, 0.6) is 0 Å². The molecule has 7 heteroatoms. The molecule has 0 atom stereocenters. The van der Waals surface area contributed by atoms with Crippen molar-refractivity contribution in [2.24, 2.45) is 0 Å². The number of aromatic nitrogens is 4. The van der Waals surface area contributed by atoms with E-state index >= 15 is 0 Å². The third-order valence-corrected chi connectivity index (χ3v) is 4.24. The van der Waals surface area contributed by atoms with Gasteiger partial charge in [0.15, 0.2) is 5.13 Å². The molecule has 3 heterocycles. The molecule has 0 spiro atoms. The molecule has 20 heavy (non-hydrogen) atoms. The average Bonchev–Trinajstić information content (AvgIpc) is 3.15. The first-order valence-electron chi connectivity index (χ1n) is 6.28. The summed E-state index contributed by atoms with van der Waals surface area (Å²) in [6.45, 7) is 3.07. The molecule has 0 aliphatic rings. The van der Waals surface area contributed by atoms with Crippen LogP contribution in [-0.4, -0.2) is 26.5 Å². The standard InChI is InChI=1S/C13H13N5S2/c1-2-3-16-13-18-11(8-20-13)10-7-19-12(17-10)9-6-14-4-5-15-9/h4-8H,2-3H2,1H3,(H,16,18). The van der Waals surface area contributed by atoms with Crippen LogP contribution in [0.25, 0.3) is 22.1 Å². The lowest BCUT2D eigenvalue weighted by Gasteiger charge is -1.96. The number of thiazole rings is 2. The minimum absolute atomic E-state index is 0.795. The van der Waals surface area contributed by atoms with Crippen LogP contribution < -0.4 is 5.32 Å². The molecule has 0 amide bonds. The summed E-state index contributed by atoms with van der Waals surface area (Å²) in [5, 5.41) is 9.11. The summed E-state index contributed by atoms with van der Waals surface area (Å²) in [6, 6.07) is 0. The van der Waals surface area contributed by atoms with Crippen molar-refractivity contribution in [2.45, 2.75) is 13.3 Å². The maximum Gasteiger partial charge on any atom is 0.183 e. The van der Waals surface area contributed by atoms with E-state index < -0.39 is 0 Å². The molecule has 0 aromatic carbocycles. The Morgan fingerprint density at radius 2 is 1.90 bits per heavy atom. The van der Waals surface area contributed by atoms with Crippen LogP contribution in [-0.2, 0) is 0 Å². The van der Waals surface area contributed by atoms with Crippen molar-refractivity contribution in [3.8, 4) is 22.1 Å². The Kier molecular flexibility index (Phi) is 3.98. The van der Waals surface area contributed by atoms with Crippen LogP contribution in [0.1, 0.15) is 13.3 Å². The third-order valence-electron chi connectivity index (χ3n) is 2.58. The zero-order valence-electron chi connectivity index (χ0n) is 10.9. The Hall–Kier alpha value is -1.86. The Morgan fingerprint density at radius 1 is 1.05 bits per heavy atom. The molecule has 5 nitrogen and oxygen atoms in total. The van der Waals surface area contributed by atoms with E-state index in [1.165, 1.54) is 0 Å². The molecule has 1 N–H and O–H groups in total. The highest BCUT2D eigenvalue weighted by molar-refractivity contribution is 7.14. The van der Waals surface area contributed by atoms with Gasteiger partial charge in [-0.3, -0.25) is 9.97 Å². The Labute approximate surface area is 124 Å². The van der Waals surface area contributed by atoms with E-state index in [0.717, 1.165) is 40.2 Å². The van der Waals surface area contributed by atoms with Crippen LogP contribution in [0.15, 0.2) is 29.4 Å². The van der Waals surface area contributed by atoms with Crippen molar-refractivity contribution in [3.05, 3.63) is 29.4 Å². The van der Waals surface area contributed by atoms with Crippen LogP contribution >= 0.6 is 22.7 Å². The summed E-state index contributed by atoms with van der Waals surface area (Å²) in [7, 11) is 0. The largest absolute Gasteiger partial charge is 0.362 e. The second kappa shape index (κ2) is 6.06. The molecule has 0 unspecified atom stereocenters. The summed E-state index contributed by atoms with van der Waals surface area (Å²) in [4.78, 5) is 17.4. The van der Waals surface area contributed by atoms with Gasteiger partial charge < -0.3 is 5.32 Å². The van der Waals surface area contributed by atoms with Crippen molar-refractivity contribution in [1.82, 2.24) is 19.9 Å². The van der Waals surface area contributed by atoms with Crippen molar-refractivity contribution >= 4 is 27.8 Å². The average molecular weight is 303 g/mol. The molecule has 0 saturated heterocycles. The summed E-state index contributed by atoms with van der Waals surface area (Å²) in [6.07, 6.45) is 6.14. The lowest BCUT2D eigenvalue weighted by molar-refractivity contribution is 0.976. The molecule has 0 aliphatic carbocycles. The SMILES string of the molecule is CCCNc1nc(-c2csc(-c3cnccn3)n2)cs1. The molecular formula is C13H13N5S2. The molecule has 3 aromatic rings. The summed E-state index contributed by atoms with van der Waals surface area (Å²) in [5.41, 5.74) is 2.58. The highest BCUT2D eigenvalue weighted by Gasteiger charge is 2.10. The molecule has 0 saturated carbocycles. The third kappa shape index (κ3) is 2.83. The first-order valence-corrected chi connectivity index (χ1v) is 8.04. The summed E-state index contributed by atoms with van der Waals surface area (Å²) >= 11 is 3.16. The first-order chi connectivity index (χ1) is 9.86. The minimum Gasteiger partial charge on any atom is -0.362 e. The van der Waals surface area contributed by atoms with E-state index in [0.29, 0.717) is 0 Å². The number of nitrogens with zero attached hydrogens (tertiary/aromatic N) is 4. The van der Waals surface area contributed by atoms with E-state index in [9.17, 15) is 0 Å². The van der Waals surface area contributed by atoms with Gasteiger partial charge in [0.05, 0.1) is 6.20 Å². The highest BCUT2D eigenvalue weighted by Crippen LogP contribution is 2.29. The number of nitrogens with one attached hydrogen (secondary N) is 1. The topological polar surface area (TPSA) is 63.6 Å². The van der Waals surface area contributed by atoms with Gasteiger partial charge in [-0.2, -0.15) is 0 Å². The number of anilines is 1. The zero-order valence-corrected chi connectivity index (χ0v) is 12.5. The van der Waals surface area contributed by atoms with Crippen LogP contribution in [0.4, 0.5) is 5.13 Å². The predicted molar refractivity (Wildman–Crippen MR) is 83.0 cm³/mol. The quantitative estimate of drug-likeness (QED) is 0.781. The monoisotopic (exact) mass is 303 g/mol. The van der Waals surface area contributed by atoms with E-state index in [1.54, 1.807) is 41.3 Å². The molecule has 3 aromatic heterocycles. The van der Waals surface area contributed by atoms with E-state index in [1.807, 2.05) is 10.8 Å². The fourth-order valence-electron chi connectivity index (χ4n) is 1.62. The van der Waals surface area contributed by atoms with Crippen molar-refractivity contribution in [3.63, 3.8) is 0 Å². The number of hydrogen-bond donors (Lipinski definition) is 1. The Balaban J connectivity index is 1.81. The van der Waals surface area contributed by atoms with Gasteiger partial charge in [0.2, 0.25) is 0 Å². The van der Waals surface area contributed by atoms with Gasteiger partial charge in [-0.15, -0.1) is 22.7 Å². The predicted octanol–water partition coefficient (Wildman–Crippen LogP) is 3.55. The maximum absolute atomic E-state index is 4.58. The smallest absolute Gasteiger partial charge is 0.183 e. The highest BCUT2D eigenvalue weighted by atomic mass is 32.1. The first kappa shape index (κ1) is 13.1. The fourth-order valence-corrected chi connectivity index (χ4v) is 3.13. The zero-order chi connectivity index (χ0) is 13.8. The Morgan fingerprint density at radius 3 is 2.70 bits per heavy atom. The molecule has 3 rings (SSSR count). The van der Waals surface area contributed by atoms with Gasteiger partial charge in [0, 0.05) is 29.7 Å². The molecule has 0 bridgehead atoms.